The van der Waals surface area contributed by atoms with Gasteiger partial charge in [-0.05, 0) is 30.3 Å². The summed E-state index contributed by atoms with van der Waals surface area (Å²) in [6.07, 6.45) is 1.52. The molecule has 2 heterocycles. The number of anilines is 1. The molecule has 0 aromatic heterocycles. The molecule has 2 aromatic rings. The first-order valence-corrected chi connectivity index (χ1v) is 9.58. The lowest BCUT2D eigenvalue weighted by atomic mass is 9.82. The standard InChI is InChI=1S/C21H21ClN2O4/c1-27-16-5-6-17-18(25)13-21(28-19(17)12-16)7-9-24(10-8-21)20(26)23-15-4-2-3-14(22)11-15/h2-6,11-12H,7-10,13H2,1H3,(H,23,26). The zero-order valence-electron chi connectivity index (χ0n) is 15.5. The van der Waals surface area contributed by atoms with E-state index in [4.69, 9.17) is 21.1 Å². The molecule has 0 unspecified atom stereocenters. The van der Waals surface area contributed by atoms with Gasteiger partial charge in [0.15, 0.2) is 5.78 Å². The summed E-state index contributed by atoms with van der Waals surface area (Å²) >= 11 is 5.97. The number of hydrogen-bond acceptors (Lipinski definition) is 4. The Kier molecular flexibility index (Phi) is 4.89. The molecule has 0 aliphatic carbocycles. The van der Waals surface area contributed by atoms with E-state index in [-0.39, 0.29) is 11.8 Å². The van der Waals surface area contributed by atoms with Gasteiger partial charge in [-0.15, -0.1) is 0 Å². The Labute approximate surface area is 168 Å². The molecule has 1 saturated heterocycles. The molecule has 0 radical (unpaired) electrons. The third kappa shape index (κ3) is 3.64. The first-order valence-electron chi connectivity index (χ1n) is 9.20. The average Bonchev–Trinajstić information content (AvgIpc) is 2.68. The van der Waals surface area contributed by atoms with Crippen molar-refractivity contribution < 1.29 is 19.1 Å². The van der Waals surface area contributed by atoms with Crippen LogP contribution in [0.2, 0.25) is 5.02 Å². The summed E-state index contributed by atoms with van der Waals surface area (Å²) in [4.78, 5) is 26.9. The average molecular weight is 401 g/mol. The molecule has 28 heavy (non-hydrogen) atoms. The smallest absolute Gasteiger partial charge is 0.321 e. The number of ether oxygens (including phenoxy) is 2. The summed E-state index contributed by atoms with van der Waals surface area (Å²) < 4.78 is 11.5. The van der Waals surface area contributed by atoms with E-state index in [2.05, 4.69) is 5.32 Å². The molecule has 1 N–H and O–H groups in total. The molecule has 4 rings (SSSR count). The molecule has 2 aromatic carbocycles. The predicted octanol–water partition coefficient (Wildman–Crippen LogP) is 4.38. The Morgan fingerprint density at radius 3 is 2.71 bits per heavy atom. The van der Waals surface area contributed by atoms with Gasteiger partial charge in [0, 0.05) is 42.7 Å². The van der Waals surface area contributed by atoms with E-state index in [0.717, 1.165) is 0 Å². The number of piperidine rings is 1. The minimum absolute atomic E-state index is 0.0701. The molecule has 7 heteroatoms. The Morgan fingerprint density at radius 2 is 2.00 bits per heavy atom. The number of hydrogen-bond donors (Lipinski definition) is 1. The summed E-state index contributed by atoms with van der Waals surface area (Å²) in [7, 11) is 1.58. The lowest BCUT2D eigenvalue weighted by Gasteiger charge is -2.43. The number of fused-ring (bicyclic) bond motifs is 1. The van der Waals surface area contributed by atoms with Crippen molar-refractivity contribution in [2.45, 2.75) is 24.9 Å². The van der Waals surface area contributed by atoms with Crippen molar-refractivity contribution in [3.05, 3.63) is 53.1 Å². The van der Waals surface area contributed by atoms with Crippen molar-refractivity contribution >= 4 is 29.1 Å². The second kappa shape index (κ2) is 7.36. The van der Waals surface area contributed by atoms with Gasteiger partial charge >= 0.3 is 6.03 Å². The second-order valence-electron chi connectivity index (χ2n) is 7.17. The largest absolute Gasteiger partial charge is 0.497 e. The van der Waals surface area contributed by atoms with Crippen LogP contribution in [0.15, 0.2) is 42.5 Å². The van der Waals surface area contributed by atoms with E-state index in [1.807, 2.05) is 0 Å². The fourth-order valence-corrected chi connectivity index (χ4v) is 3.96. The van der Waals surface area contributed by atoms with Crippen molar-refractivity contribution in [2.24, 2.45) is 0 Å². The third-order valence-electron chi connectivity index (χ3n) is 5.34. The molecule has 0 bridgehead atoms. The summed E-state index contributed by atoms with van der Waals surface area (Å²) in [5.41, 5.74) is 0.680. The van der Waals surface area contributed by atoms with Crippen molar-refractivity contribution in [3.63, 3.8) is 0 Å². The van der Waals surface area contributed by atoms with Crippen molar-refractivity contribution in [2.75, 3.05) is 25.5 Å². The number of amides is 2. The van der Waals surface area contributed by atoms with Crippen LogP contribution in [-0.4, -0.2) is 42.5 Å². The molecule has 2 aliphatic heterocycles. The van der Waals surface area contributed by atoms with E-state index in [9.17, 15) is 9.59 Å². The quantitative estimate of drug-likeness (QED) is 0.812. The molecule has 0 saturated carbocycles. The highest BCUT2D eigenvalue weighted by Gasteiger charge is 2.43. The molecule has 1 fully saturated rings. The molecule has 2 amide bonds. The maximum atomic E-state index is 12.6. The van der Waals surface area contributed by atoms with Gasteiger partial charge in [-0.25, -0.2) is 4.79 Å². The highest BCUT2D eigenvalue weighted by molar-refractivity contribution is 6.30. The normalized spacial score (nSPS) is 17.6. The van der Waals surface area contributed by atoms with Crippen molar-refractivity contribution in [1.82, 2.24) is 4.90 Å². The Balaban J connectivity index is 1.43. The van der Waals surface area contributed by atoms with Crippen LogP contribution >= 0.6 is 11.6 Å². The molecule has 2 aliphatic rings. The number of ketones is 1. The van der Waals surface area contributed by atoms with E-state index in [0.29, 0.717) is 60.1 Å². The lowest BCUT2D eigenvalue weighted by Crippen LogP contribution is -2.53. The first kappa shape index (κ1) is 18.6. The summed E-state index contributed by atoms with van der Waals surface area (Å²) in [6, 6.07) is 12.1. The van der Waals surface area contributed by atoms with Crippen LogP contribution in [0.4, 0.5) is 10.5 Å². The molecule has 6 nitrogen and oxygen atoms in total. The topological polar surface area (TPSA) is 67.9 Å². The number of carbonyl (C=O) groups is 2. The number of halogens is 1. The van der Waals surface area contributed by atoms with Crippen LogP contribution in [-0.2, 0) is 0 Å². The van der Waals surface area contributed by atoms with Crippen molar-refractivity contribution in [1.29, 1.82) is 0 Å². The van der Waals surface area contributed by atoms with Gasteiger partial charge in [0.05, 0.1) is 19.1 Å². The number of carbonyl (C=O) groups excluding carboxylic acids is 2. The van der Waals surface area contributed by atoms with Crippen LogP contribution in [0.25, 0.3) is 0 Å². The Hall–Kier alpha value is -2.73. The van der Waals surface area contributed by atoms with E-state index < -0.39 is 5.60 Å². The van der Waals surface area contributed by atoms with Gasteiger partial charge in [-0.1, -0.05) is 17.7 Å². The SMILES string of the molecule is COc1ccc2c(c1)OC1(CCN(C(=O)Nc3cccc(Cl)c3)CC1)CC2=O. The van der Waals surface area contributed by atoms with Gasteiger partial charge in [0.2, 0.25) is 0 Å². The van der Waals surface area contributed by atoms with Gasteiger partial charge in [-0.3, -0.25) is 4.79 Å². The molecule has 1 spiro atoms. The summed E-state index contributed by atoms with van der Waals surface area (Å²) in [5.74, 6) is 1.29. The number of Topliss-reactive ketones (excluding diaryl/α,β-unsaturated/α-hetero) is 1. The molecule has 146 valence electrons. The Bertz CT molecular complexity index is 922. The molecular formula is C21H21ClN2O4. The predicted molar refractivity (Wildman–Crippen MR) is 107 cm³/mol. The zero-order chi connectivity index (χ0) is 19.7. The van der Waals surface area contributed by atoms with Gasteiger partial charge in [0.1, 0.15) is 17.1 Å². The van der Waals surface area contributed by atoms with Crippen LogP contribution in [0.1, 0.15) is 29.6 Å². The highest BCUT2D eigenvalue weighted by atomic mass is 35.5. The fraction of sp³-hybridized carbons (Fsp3) is 0.333. The number of urea groups is 1. The van der Waals surface area contributed by atoms with E-state index >= 15 is 0 Å². The Morgan fingerprint density at radius 1 is 1.21 bits per heavy atom. The number of benzene rings is 2. The van der Waals surface area contributed by atoms with Crippen LogP contribution < -0.4 is 14.8 Å². The molecule has 0 atom stereocenters. The summed E-state index contributed by atoms with van der Waals surface area (Å²) in [6.45, 7) is 1.03. The number of rotatable bonds is 2. The lowest BCUT2D eigenvalue weighted by molar-refractivity contribution is 0.000264. The van der Waals surface area contributed by atoms with Crippen LogP contribution in [0, 0.1) is 0 Å². The minimum atomic E-state index is -0.566. The summed E-state index contributed by atoms with van der Waals surface area (Å²) in [5, 5.41) is 3.43. The van der Waals surface area contributed by atoms with Gasteiger partial charge in [-0.2, -0.15) is 0 Å². The van der Waals surface area contributed by atoms with E-state index in [1.165, 1.54) is 0 Å². The minimum Gasteiger partial charge on any atom is -0.497 e. The van der Waals surface area contributed by atoms with Crippen LogP contribution in [0.5, 0.6) is 11.5 Å². The maximum absolute atomic E-state index is 12.6. The third-order valence-corrected chi connectivity index (χ3v) is 5.57. The number of nitrogens with zero attached hydrogens (tertiary/aromatic N) is 1. The number of likely N-dealkylation sites (tertiary alicyclic amines) is 1. The number of nitrogens with one attached hydrogen (secondary N) is 1. The first-order chi connectivity index (χ1) is 13.5. The van der Waals surface area contributed by atoms with Gasteiger partial charge in [0.25, 0.3) is 0 Å². The highest BCUT2D eigenvalue weighted by Crippen LogP contribution is 2.40. The van der Waals surface area contributed by atoms with E-state index in [1.54, 1.807) is 54.5 Å². The number of methoxy groups -OCH3 is 1. The van der Waals surface area contributed by atoms with Crippen molar-refractivity contribution in [3.8, 4) is 11.5 Å². The van der Waals surface area contributed by atoms with Gasteiger partial charge < -0.3 is 19.7 Å². The monoisotopic (exact) mass is 400 g/mol. The maximum Gasteiger partial charge on any atom is 0.321 e. The fourth-order valence-electron chi connectivity index (χ4n) is 3.77. The molecular weight excluding hydrogens is 380 g/mol. The van der Waals surface area contributed by atoms with Crippen LogP contribution in [0.3, 0.4) is 0 Å². The zero-order valence-corrected chi connectivity index (χ0v) is 16.3. The second-order valence-corrected chi connectivity index (χ2v) is 7.61.